The standard InChI is InChI=1S/C6H9BF5.K/c8-5(9)6(2-1-3-6)4-7(10,11)12;/h5H,1-4H2;/q-1;+1. The minimum atomic E-state index is -5.07. The first-order chi connectivity index (χ1) is 5.36. The molecule has 13 heavy (non-hydrogen) atoms. The third-order valence-corrected chi connectivity index (χ3v) is 2.45. The number of alkyl halides is 2. The van der Waals surface area contributed by atoms with Crippen molar-refractivity contribution in [2.24, 2.45) is 5.41 Å². The SMILES string of the molecule is FC(F)C1(C[B-](F)(F)F)CCC1.[K+]. The van der Waals surface area contributed by atoms with Crippen molar-refractivity contribution < 1.29 is 73.1 Å². The van der Waals surface area contributed by atoms with Crippen molar-refractivity contribution in [2.45, 2.75) is 32.0 Å². The summed E-state index contributed by atoms with van der Waals surface area (Å²) in [5.74, 6) is 0. The van der Waals surface area contributed by atoms with Gasteiger partial charge in [0.15, 0.2) is 0 Å². The smallest absolute Gasteiger partial charge is 0.449 e. The Hall–Kier alpha value is 1.35. The molecule has 72 valence electrons. The first kappa shape index (κ1) is 14.4. The maximum atomic E-state index is 12.2. The Morgan fingerprint density at radius 2 is 1.62 bits per heavy atom. The molecule has 1 aliphatic rings. The predicted molar refractivity (Wildman–Crippen MR) is 36.2 cm³/mol. The normalized spacial score (nSPS) is 20.8. The van der Waals surface area contributed by atoms with Crippen molar-refractivity contribution in [3.63, 3.8) is 0 Å². The molecule has 0 atom stereocenters. The second kappa shape index (κ2) is 4.92. The Morgan fingerprint density at radius 1 is 1.15 bits per heavy atom. The number of hydrogen-bond donors (Lipinski definition) is 0. The zero-order valence-corrected chi connectivity index (χ0v) is 10.5. The van der Waals surface area contributed by atoms with Crippen molar-refractivity contribution in [3.05, 3.63) is 0 Å². The van der Waals surface area contributed by atoms with E-state index in [-0.39, 0.29) is 64.2 Å². The van der Waals surface area contributed by atoms with E-state index >= 15 is 0 Å². The average Bonchev–Trinajstić information content (AvgIpc) is 1.75. The van der Waals surface area contributed by atoms with Crippen LogP contribution in [0.2, 0.25) is 6.32 Å². The molecule has 0 saturated heterocycles. The Labute approximate surface area is 116 Å². The second-order valence-corrected chi connectivity index (χ2v) is 3.43. The fourth-order valence-corrected chi connectivity index (χ4v) is 1.60. The molecule has 1 aliphatic carbocycles. The average molecular weight is 226 g/mol. The Morgan fingerprint density at radius 3 is 1.69 bits per heavy atom. The third kappa shape index (κ3) is 3.77. The summed E-state index contributed by atoms with van der Waals surface area (Å²) in [6.07, 6.45) is -3.56. The molecule has 0 N–H and O–H groups in total. The second-order valence-electron chi connectivity index (χ2n) is 3.43. The molecule has 0 heterocycles. The van der Waals surface area contributed by atoms with Gasteiger partial charge in [-0.25, -0.2) is 8.78 Å². The summed E-state index contributed by atoms with van der Waals surface area (Å²) in [6.45, 7) is -5.07. The summed E-state index contributed by atoms with van der Waals surface area (Å²) in [5.41, 5.74) is -1.72. The molecule has 0 aliphatic heterocycles. The van der Waals surface area contributed by atoms with E-state index < -0.39 is 25.1 Å². The molecular formula is C6H9BF5K. The van der Waals surface area contributed by atoms with Crippen LogP contribution in [0.1, 0.15) is 19.3 Å². The van der Waals surface area contributed by atoms with Crippen molar-refractivity contribution in [2.75, 3.05) is 0 Å². The van der Waals surface area contributed by atoms with E-state index in [2.05, 4.69) is 0 Å². The van der Waals surface area contributed by atoms with Gasteiger partial charge in [-0.2, -0.15) is 0 Å². The van der Waals surface area contributed by atoms with E-state index in [1.165, 1.54) is 0 Å². The monoisotopic (exact) mass is 226 g/mol. The van der Waals surface area contributed by atoms with E-state index in [1.54, 1.807) is 0 Å². The van der Waals surface area contributed by atoms with Crippen LogP contribution in [-0.2, 0) is 0 Å². The summed E-state index contributed by atoms with van der Waals surface area (Å²) >= 11 is 0. The molecule has 1 saturated carbocycles. The molecule has 0 nitrogen and oxygen atoms in total. The van der Waals surface area contributed by atoms with Gasteiger partial charge in [0.1, 0.15) is 0 Å². The van der Waals surface area contributed by atoms with Crippen molar-refractivity contribution in [1.82, 2.24) is 0 Å². The van der Waals surface area contributed by atoms with Gasteiger partial charge in [0, 0.05) is 5.41 Å². The van der Waals surface area contributed by atoms with E-state index in [0.717, 1.165) is 0 Å². The van der Waals surface area contributed by atoms with Gasteiger partial charge >= 0.3 is 58.4 Å². The van der Waals surface area contributed by atoms with E-state index in [4.69, 9.17) is 0 Å². The minimum absolute atomic E-state index is 0. The zero-order chi connectivity index (χ0) is 9.41. The molecule has 1 rings (SSSR count). The number of hydrogen-bond acceptors (Lipinski definition) is 0. The summed E-state index contributed by atoms with van der Waals surface area (Å²) in [7, 11) is 0. The van der Waals surface area contributed by atoms with Crippen LogP contribution in [-0.4, -0.2) is 13.4 Å². The van der Waals surface area contributed by atoms with Gasteiger partial charge in [-0.15, -0.1) is 0 Å². The van der Waals surface area contributed by atoms with Gasteiger partial charge in [0.25, 0.3) is 0 Å². The summed E-state index contributed by atoms with van der Waals surface area (Å²) in [5, 5.41) is 0. The van der Waals surface area contributed by atoms with Gasteiger partial charge in [0.2, 0.25) is 6.43 Å². The number of halogens is 5. The fourth-order valence-electron chi connectivity index (χ4n) is 1.60. The van der Waals surface area contributed by atoms with Gasteiger partial charge in [0.05, 0.1) is 0 Å². The summed E-state index contributed by atoms with van der Waals surface area (Å²) in [6, 6.07) is 0. The Bertz CT molecular complexity index is 165. The van der Waals surface area contributed by atoms with Crippen LogP contribution in [0.25, 0.3) is 0 Å². The molecule has 0 aromatic carbocycles. The molecule has 0 radical (unpaired) electrons. The molecule has 0 aromatic rings. The molecular weight excluding hydrogens is 217 g/mol. The first-order valence-electron chi connectivity index (χ1n) is 3.85. The molecule has 0 spiro atoms. The minimum Gasteiger partial charge on any atom is -0.449 e. The third-order valence-electron chi connectivity index (χ3n) is 2.45. The topological polar surface area (TPSA) is 0 Å². The summed E-state index contributed by atoms with van der Waals surface area (Å²) < 4.78 is 59.9. The fraction of sp³-hybridized carbons (Fsp3) is 1.00. The largest absolute Gasteiger partial charge is 1.00 e. The van der Waals surface area contributed by atoms with Gasteiger partial charge in [-0.05, 0) is 12.8 Å². The molecule has 0 aromatic heterocycles. The van der Waals surface area contributed by atoms with Crippen LogP contribution in [0.4, 0.5) is 21.7 Å². The van der Waals surface area contributed by atoms with Gasteiger partial charge in [-0.1, -0.05) is 12.7 Å². The van der Waals surface area contributed by atoms with Crippen molar-refractivity contribution in [3.8, 4) is 0 Å². The van der Waals surface area contributed by atoms with Crippen LogP contribution < -0.4 is 51.4 Å². The molecule has 1 fully saturated rings. The molecule has 0 bridgehead atoms. The van der Waals surface area contributed by atoms with Crippen LogP contribution >= 0.6 is 0 Å². The molecule has 7 heteroatoms. The Kier molecular flexibility index (Phi) is 5.43. The Balaban J connectivity index is 0.00000144. The van der Waals surface area contributed by atoms with E-state index in [0.29, 0.717) is 6.42 Å². The molecule has 0 unspecified atom stereocenters. The van der Waals surface area contributed by atoms with Crippen LogP contribution in [0.5, 0.6) is 0 Å². The van der Waals surface area contributed by atoms with E-state index in [9.17, 15) is 21.7 Å². The quantitative estimate of drug-likeness (QED) is 0.478. The number of rotatable bonds is 3. The maximum absolute atomic E-state index is 12.2. The first-order valence-corrected chi connectivity index (χ1v) is 3.85. The maximum Gasteiger partial charge on any atom is 1.00 e. The predicted octanol–water partition coefficient (Wildman–Crippen LogP) is 0.273. The van der Waals surface area contributed by atoms with Gasteiger partial charge < -0.3 is 12.9 Å². The van der Waals surface area contributed by atoms with Crippen LogP contribution in [0.3, 0.4) is 0 Å². The van der Waals surface area contributed by atoms with Crippen molar-refractivity contribution in [1.29, 1.82) is 0 Å². The zero-order valence-electron chi connectivity index (χ0n) is 7.37. The van der Waals surface area contributed by atoms with Crippen LogP contribution in [0, 0.1) is 5.41 Å². The van der Waals surface area contributed by atoms with Crippen molar-refractivity contribution >= 4 is 6.98 Å². The van der Waals surface area contributed by atoms with Crippen LogP contribution in [0.15, 0.2) is 0 Å². The summed E-state index contributed by atoms with van der Waals surface area (Å²) in [4.78, 5) is 0. The van der Waals surface area contributed by atoms with E-state index in [1.807, 2.05) is 0 Å². The van der Waals surface area contributed by atoms with Gasteiger partial charge in [-0.3, -0.25) is 0 Å². The molecule has 0 amide bonds.